The maximum atomic E-state index is 15.3. The van der Waals surface area contributed by atoms with E-state index in [4.69, 9.17) is 4.74 Å². The van der Waals surface area contributed by atoms with Gasteiger partial charge in [0.25, 0.3) is 21.5 Å². The van der Waals surface area contributed by atoms with Gasteiger partial charge in [0.1, 0.15) is 17.1 Å². The van der Waals surface area contributed by atoms with E-state index < -0.39 is 33.1 Å². The standard InChI is InChI=1S/C30H22F2N6O5S/c1-17-3-9-23(30(40)37(17)22-7-4-20(31)5-8-22)29(39)36-21-6-10-27(25(32)12-21)43-28-11-18-16-35-38(44(2,41)42)26(18)13-24(28)19-14-33-34-15-19/h3-16H,1-2H3,(H,33,34)(H,36,39). The second kappa shape index (κ2) is 10.9. The van der Waals surface area contributed by atoms with Crippen LogP contribution in [0.25, 0.3) is 27.7 Å². The molecule has 44 heavy (non-hydrogen) atoms. The minimum atomic E-state index is -3.70. The smallest absolute Gasteiger partial charge is 0.268 e. The molecule has 6 aromatic rings. The van der Waals surface area contributed by atoms with Crippen LogP contribution in [0.5, 0.6) is 11.5 Å². The highest BCUT2D eigenvalue weighted by molar-refractivity contribution is 7.89. The topological polar surface area (TPSA) is 141 Å². The summed E-state index contributed by atoms with van der Waals surface area (Å²) >= 11 is 0. The summed E-state index contributed by atoms with van der Waals surface area (Å²) in [6.07, 6.45) is 5.45. The van der Waals surface area contributed by atoms with Crippen LogP contribution in [0.15, 0.2) is 90.1 Å². The molecule has 0 aliphatic carbocycles. The first kappa shape index (κ1) is 28.5. The number of halogens is 2. The number of benzene rings is 3. The lowest BCUT2D eigenvalue weighted by atomic mass is 10.1. The van der Waals surface area contributed by atoms with Gasteiger partial charge in [-0.2, -0.15) is 14.3 Å². The number of aromatic amines is 1. The number of amides is 1. The number of ether oxygens (including phenoxy) is 1. The van der Waals surface area contributed by atoms with Crippen LogP contribution in [0.4, 0.5) is 14.5 Å². The number of aromatic nitrogens is 5. The number of fused-ring (bicyclic) bond motifs is 1. The van der Waals surface area contributed by atoms with Crippen LogP contribution < -0.4 is 15.6 Å². The van der Waals surface area contributed by atoms with Crippen LogP contribution in [0.3, 0.4) is 0 Å². The summed E-state index contributed by atoms with van der Waals surface area (Å²) in [4.78, 5) is 26.2. The van der Waals surface area contributed by atoms with Gasteiger partial charge in [-0.05, 0) is 67.6 Å². The zero-order chi connectivity index (χ0) is 31.2. The number of carbonyl (C=O) groups excluding carboxylic acids is 1. The van der Waals surface area contributed by atoms with E-state index in [9.17, 15) is 22.4 Å². The fourth-order valence-corrected chi connectivity index (χ4v) is 5.43. The van der Waals surface area contributed by atoms with Crippen molar-refractivity contribution in [3.8, 4) is 28.3 Å². The van der Waals surface area contributed by atoms with Crippen molar-refractivity contribution in [3.63, 3.8) is 0 Å². The van der Waals surface area contributed by atoms with Crippen LogP contribution in [0, 0.1) is 18.6 Å². The Morgan fingerprint density at radius 2 is 1.75 bits per heavy atom. The number of carbonyl (C=O) groups is 1. The predicted octanol–water partition coefficient (Wildman–Crippen LogP) is 5.02. The SMILES string of the molecule is Cc1ccc(C(=O)Nc2ccc(Oc3cc4cnn(S(C)(=O)=O)c4cc3-c3cn[nH]c3)c(F)c2)c(=O)n1-c1ccc(F)cc1. The van der Waals surface area contributed by atoms with Crippen molar-refractivity contribution in [2.24, 2.45) is 0 Å². The van der Waals surface area contributed by atoms with E-state index in [2.05, 4.69) is 20.6 Å². The molecule has 0 atom stereocenters. The van der Waals surface area contributed by atoms with Gasteiger partial charge in [-0.3, -0.25) is 19.3 Å². The van der Waals surface area contributed by atoms with Gasteiger partial charge in [-0.25, -0.2) is 17.2 Å². The van der Waals surface area contributed by atoms with E-state index in [1.54, 1.807) is 25.3 Å². The summed E-state index contributed by atoms with van der Waals surface area (Å²) in [5, 5.41) is 13.5. The van der Waals surface area contributed by atoms with Crippen molar-refractivity contribution in [3.05, 3.63) is 119 Å². The van der Waals surface area contributed by atoms with Crippen molar-refractivity contribution in [1.29, 1.82) is 0 Å². The first-order chi connectivity index (χ1) is 21.0. The molecular weight excluding hydrogens is 594 g/mol. The molecule has 222 valence electrons. The van der Waals surface area contributed by atoms with E-state index in [-0.39, 0.29) is 22.7 Å². The maximum Gasteiger partial charge on any atom is 0.268 e. The van der Waals surface area contributed by atoms with Crippen LogP contribution in [0.2, 0.25) is 0 Å². The Bertz CT molecular complexity index is 2230. The fourth-order valence-electron chi connectivity index (χ4n) is 4.70. The molecule has 2 N–H and O–H groups in total. The number of pyridine rings is 1. The molecule has 0 unspecified atom stereocenters. The van der Waals surface area contributed by atoms with Gasteiger partial charge in [0.2, 0.25) is 0 Å². The molecule has 6 rings (SSSR count). The van der Waals surface area contributed by atoms with Crippen LogP contribution in [0.1, 0.15) is 16.1 Å². The average Bonchev–Trinajstić information content (AvgIpc) is 3.65. The van der Waals surface area contributed by atoms with Crippen molar-refractivity contribution in [2.45, 2.75) is 6.92 Å². The second-order valence-electron chi connectivity index (χ2n) is 9.85. The third-order valence-corrected chi connectivity index (χ3v) is 7.70. The summed E-state index contributed by atoms with van der Waals surface area (Å²) in [5.74, 6) is -2.04. The van der Waals surface area contributed by atoms with E-state index in [1.807, 2.05) is 0 Å². The van der Waals surface area contributed by atoms with E-state index in [0.29, 0.717) is 33.4 Å². The Hall–Kier alpha value is -5.63. The van der Waals surface area contributed by atoms with E-state index >= 15 is 4.39 Å². The molecule has 11 nitrogen and oxygen atoms in total. The first-order valence-corrected chi connectivity index (χ1v) is 14.8. The van der Waals surface area contributed by atoms with Gasteiger partial charge in [0.15, 0.2) is 11.6 Å². The molecule has 14 heteroatoms. The lowest BCUT2D eigenvalue weighted by Gasteiger charge is -2.14. The second-order valence-corrected chi connectivity index (χ2v) is 11.7. The molecule has 0 saturated carbocycles. The van der Waals surface area contributed by atoms with E-state index in [0.717, 1.165) is 16.4 Å². The van der Waals surface area contributed by atoms with Crippen LogP contribution in [-0.4, -0.2) is 44.5 Å². The van der Waals surface area contributed by atoms with Crippen LogP contribution in [-0.2, 0) is 10.0 Å². The fraction of sp³-hybridized carbons (Fsp3) is 0.0667. The van der Waals surface area contributed by atoms with Crippen molar-refractivity contribution < 1.29 is 26.7 Å². The van der Waals surface area contributed by atoms with Gasteiger partial charge < -0.3 is 10.1 Å². The van der Waals surface area contributed by atoms with Gasteiger partial charge >= 0.3 is 0 Å². The number of hydrogen-bond acceptors (Lipinski definition) is 7. The number of H-pyrrole nitrogens is 1. The van der Waals surface area contributed by atoms with Gasteiger partial charge in [0, 0.05) is 45.8 Å². The molecule has 3 aromatic carbocycles. The summed E-state index contributed by atoms with van der Waals surface area (Å²) in [6, 6.07) is 15.0. The highest BCUT2D eigenvalue weighted by atomic mass is 32.2. The normalized spacial score (nSPS) is 11.5. The molecule has 0 aliphatic rings. The third kappa shape index (κ3) is 5.33. The van der Waals surface area contributed by atoms with Gasteiger partial charge in [0.05, 0.1) is 24.2 Å². The molecule has 0 aliphatic heterocycles. The summed E-state index contributed by atoms with van der Waals surface area (Å²) in [5.41, 5.74) is 1.42. The Labute approximate surface area is 248 Å². The largest absolute Gasteiger partial charge is 0.454 e. The Morgan fingerprint density at radius 1 is 0.977 bits per heavy atom. The zero-order valence-electron chi connectivity index (χ0n) is 23.1. The third-order valence-electron chi connectivity index (χ3n) is 6.78. The van der Waals surface area contributed by atoms with Crippen LogP contribution >= 0.6 is 0 Å². The van der Waals surface area contributed by atoms with Crippen molar-refractivity contribution in [1.82, 2.24) is 24.0 Å². The number of nitrogens with zero attached hydrogens (tertiary/aromatic N) is 4. The molecule has 0 saturated heterocycles. The van der Waals surface area contributed by atoms with Crippen molar-refractivity contribution in [2.75, 3.05) is 11.6 Å². The highest BCUT2D eigenvalue weighted by Gasteiger charge is 2.20. The minimum Gasteiger partial charge on any atom is -0.454 e. The number of nitrogens with one attached hydrogen (secondary N) is 2. The molecule has 3 heterocycles. The first-order valence-electron chi connectivity index (χ1n) is 13.0. The molecule has 0 radical (unpaired) electrons. The van der Waals surface area contributed by atoms with E-state index in [1.165, 1.54) is 65.5 Å². The summed E-state index contributed by atoms with van der Waals surface area (Å²) in [7, 11) is -3.70. The monoisotopic (exact) mass is 616 g/mol. The maximum absolute atomic E-state index is 15.3. The number of hydrogen-bond donors (Lipinski definition) is 2. The summed E-state index contributed by atoms with van der Waals surface area (Å²) < 4.78 is 61.2. The molecule has 1 amide bonds. The van der Waals surface area contributed by atoms with Gasteiger partial charge in [-0.15, -0.1) is 0 Å². The average molecular weight is 617 g/mol. The molecule has 3 aromatic heterocycles. The Balaban J connectivity index is 1.29. The quantitative estimate of drug-likeness (QED) is 0.257. The predicted molar refractivity (Wildman–Crippen MR) is 159 cm³/mol. The Kier molecular flexibility index (Phi) is 7.05. The number of aryl methyl sites for hydroxylation is 1. The molecule has 0 spiro atoms. The lowest BCUT2D eigenvalue weighted by Crippen LogP contribution is -2.29. The number of anilines is 1. The number of rotatable bonds is 7. The highest BCUT2D eigenvalue weighted by Crippen LogP contribution is 2.38. The van der Waals surface area contributed by atoms with Gasteiger partial charge in [-0.1, -0.05) is 0 Å². The Morgan fingerprint density at radius 3 is 2.43 bits per heavy atom. The lowest BCUT2D eigenvalue weighted by molar-refractivity contribution is 0.102. The van der Waals surface area contributed by atoms with Crippen molar-refractivity contribution >= 4 is 32.5 Å². The molecular formula is C30H22F2N6O5S. The molecule has 0 bridgehead atoms. The molecule has 0 fully saturated rings. The minimum absolute atomic E-state index is 0.0631. The zero-order valence-corrected chi connectivity index (χ0v) is 23.9. The summed E-state index contributed by atoms with van der Waals surface area (Å²) in [6.45, 7) is 1.67.